The number of hydrogen-bond donors (Lipinski definition) is 1. The van der Waals surface area contributed by atoms with Gasteiger partial charge < -0.3 is 29.1 Å². The van der Waals surface area contributed by atoms with Gasteiger partial charge in [-0.1, -0.05) is 34.1 Å². The van der Waals surface area contributed by atoms with Gasteiger partial charge in [-0.05, 0) is 62.9 Å². The number of rotatable bonds is 14. The van der Waals surface area contributed by atoms with E-state index in [9.17, 15) is 35.9 Å². The van der Waals surface area contributed by atoms with Crippen molar-refractivity contribution in [3.8, 4) is 28.4 Å². The van der Waals surface area contributed by atoms with Crippen LogP contribution >= 0.6 is 0 Å². The Morgan fingerprint density at radius 3 is 2.02 bits per heavy atom. The van der Waals surface area contributed by atoms with Gasteiger partial charge in [0.2, 0.25) is 0 Å². The van der Waals surface area contributed by atoms with Crippen LogP contribution in [0.5, 0.6) is 17.2 Å². The van der Waals surface area contributed by atoms with Crippen LogP contribution in [0.1, 0.15) is 67.7 Å². The maximum Gasteiger partial charge on any atom is 0.573 e. The Labute approximate surface area is 280 Å². The average molecular weight is 704 g/mol. The predicted molar refractivity (Wildman–Crippen MR) is 171 cm³/mol. The predicted octanol–water partition coefficient (Wildman–Crippen LogP) is 8.82. The van der Waals surface area contributed by atoms with Gasteiger partial charge in [-0.25, -0.2) is 4.79 Å². The fraction of sp³-hybridized carbons (Fsp3) is 0.543. The molecule has 2 N–H and O–H groups in total. The van der Waals surface area contributed by atoms with Crippen LogP contribution in [0.25, 0.3) is 22.1 Å². The standard InChI is InChI=1S/C35H43F6NO7/c1-9-30(2,3)17-33(7,31(4,5)42)29(44)47-20-32(6,18-34(36,37)38)19-46-23-11-10-21-14-25(28(43)48-26(21)16-23)24-13-12-22(45-8)15-27(24)49-35(39,40)41/h10-16H,9,17-20,42H2,1-8H3. The van der Waals surface area contributed by atoms with Gasteiger partial charge in [0.1, 0.15) is 29.4 Å². The van der Waals surface area contributed by atoms with Crippen molar-refractivity contribution in [1.29, 1.82) is 0 Å². The minimum atomic E-state index is -5.06. The molecule has 0 fully saturated rings. The Hall–Kier alpha value is -3.94. The summed E-state index contributed by atoms with van der Waals surface area (Å²) in [6.07, 6.45) is -9.96. The third-order valence-electron chi connectivity index (χ3n) is 8.84. The second-order valence-electron chi connectivity index (χ2n) is 14.3. The smallest absolute Gasteiger partial charge is 0.497 e. The van der Waals surface area contributed by atoms with Crippen molar-refractivity contribution in [2.75, 3.05) is 20.3 Å². The number of nitrogens with two attached hydrogens (primary N) is 1. The molecule has 1 aromatic heterocycles. The second-order valence-corrected chi connectivity index (χ2v) is 14.3. The van der Waals surface area contributed by atoms with Crippen molar-refractivity contribution in [3.63, 3.8) is 0 Å². The summed E-state index contributed by atoms with van der Waals surface area (Å²) in [7, 11) is 1.25. The number of benzene rings is 2. The largest absolute Gasteiger partial charge is 0.573 e. The molecule has 0 radical (unpaired) electrons. The van der Waals surface area contributed by atoms with E-state index in [1.165, 1.54) is 50.4 Å². The fourth-order valence-corrected chi connectivity index (χ4v) is 5.36. The first-order valence-corrected chi connectivity index (χ1v) is 15.5. The lowest BCUT2D eigenvalue weighted by Gasteiger charge is -2.44. The van der Waals surface area contributed by atoms with Crippen molar-refractivity contribution in [2.45, 2.75) is 85.8 Å². The lowest BCUT2D eigenvalue weighted by atomic mass is 9.64. The number of carbonyl (C=O) groups excluding carboxylic acids is 1. The van der Waals surface area contributed by atoms with E-state index in [-0.39, 0.29) is 39.0 Å². The molecule has 272 valence electrons. The average Bonchev–Trinajstić information content (AvgIpc) is 2.96. The molecule has 3 rings (SSSR count). The number of fused-ring (bicyclic) bond motifs is 1. The van der Waals surface area contributed by atoms with Crippen LogP contribution in [-0.4, -0.2) is 44.4 Å². The number of hydrogen-bond acceptors (Lipinski definition) is 8. The van der Waals surface area contributed by atoms with Gasteiger partial charge >= 0.3 is 24.1 Å². The molecule has 8 nitrogen and oxygen atoms in total. The monoisotopic (exact) mass is 703 g/mol. The number of esters is 1. The summed E-state index contributed by atoms with van der Waals surface area (Å²) in [6, 6.07) is 8.91. The first-order valence-electron chi connectivity index (χ1n) is 15.5. The highest BCUT2D eigenvalue weighted by Crippen LogP contribution is 2.44. The van der Waals surface area contributed by atoms with E-state index in [0.29, 0.717) is 6.42 Å². The molecular weight excluding hydrogens is 660 g/mol. The lowest BCUT2D eigenvalue weighted by molar-refractivity contribution is -0.274. The quantitative estimate of drug-likeness (QED) is 0.101. The van der Waals surface area contributed by atoms with Gasteiger partial charge in [-0.3, -0.25) is 4.79 Å². The van der Waals surface area contributed by atoms with Gasteiger partial charge in [-0.15, -0.1) is 13.2 Å². The van der Waals surface area contributed by atoms with E-state index >= 15 is 0 Å². The Kier molecular flexibility index (Phi) is 11.4. The molecule has 0 aliphatic carbocycles. The van der Waals surface area contributed by atoms with Gasteiger partial charge in [0.15, 0.2) is 0 Å². The highest BCUT2D eigenvalue weighted by atomic mass is 19.4. The third-order valence-corrected chi connectivity index (χ3v) is 8.84. The van der Waals surface area contributed by atoms with Crippen molar-refractivity contribution in [3.05, 3.63) is 52.9 Å². The first-order chi connectivity index (χ1) is 22.3. The fourth-order valence-electron chi connectivity index (χ4n) is 5.36. The molecule has 49 heavy (non-hydrogen) atoms. The second kappa shape index (κ2) is 14.1. The van der Waals surface area contributed by atoms with Gasteiger partial charge in [-0.2, -0.15) is 13.2 Å². The van der Waals surface area contributed by atoms with Crippen LogP contribution in [0.15, 0.2) is 51.7 Å². The molecule has 14 heteroatoms. The molecule has 0 aliphatic rings. The van der Waals surface area contributed by atoms with Crippen LogP contribution in [0.4, 0.5) is 26.3 Å². The highest BCUT2D eigenvalue weighted by Gasteiger charge is 2.50. The zero-order valence-corrected chi connectivity index (χ0v) is 28.8. The van der Waals surface area contributed by atoms with Crippen molar-refractivity contribution in [2.24, 2.45) is 22.0 Å². The molecule has 0 aliphatic heterocycles. The Morgan fingerprint density at radius 2 is 1.47 bits per heavy atom. The number of carbonyl (C=O) groups is 1. The minimum Gasteiger partial charge on any atom is -0.497 e. The molecular formula is C35H43F6NO7. The van der Waals surface area contributed by atoms with E-state index in [1.807, 2.05) is 20.8 Å². The molecule has 3 aromatic rings. The van der Waals surface area contributed by atoms with Crippen molar-refractivity contribution in [1.82, 2.24) is 0 Å². The summed E-state index contributed by atoms with van der Waals surface area (Å²) in [4.78, 5) is 26.4. The molecule has 0 spiro atoms. The van der Waals surface area contributed by atoms with E-state index in [4.69, 9.17) is 24.4 Å². The molecule has 0 amide bonds. The number of alkyl halides is 6. The van der Waals surface area contributed by atoms with Crippen molar-refractivity contribution < 1.29 is 54.5 Å². The first kappa shape index (κ1) is 39.5. The minimum absolute atomic E-state index is 0.0336. The molecule has 1 heterocycles. The summed E-state index contributed by atoms with van der Waals surface area (Å²) in [6.45, 7) is 11.0. The van der Waals surface area contributed by atoms with Crippen LogP contribution in [0.3, 0.4) is 0 Å². The maximum atomic E-state index is 13.7. The number of halogens is 6. The molecule has 0 saturated carbocycles. The summed E-state index contributed by atoms with van der Waals surface area (Å²) in [5, 5.41) is 0.279. The summed E-state index contributed by atoms with van der Waals surface area (Å²) in [5.41, 5.74) is 0.610. The van der Waals surface area contributed by atoms with E-state index in [2.05, 4.69) is 4.74 Å². The molecule has 2 atom stereocenters. The Morgan fingerprint density at radius 1 is 0.837 bits per heavy atom. The molecule has 0 saturated heterocycles. The van der Waals surface area contributed by atoms with E-state index < -0.39 is 65.9 Å². The zero-order chi connectivity index (χ0) is 37.2. The van der Waals surface area contributed by atoms with E-state index in [1.54, 1.807) is 20.8 Å². The maximum absolute atomic E-state index is 13.7. The van der Waals surface area contributed by atoms with Gasteiger partial charge in [0.25, 0.3) is 0 Å². The van der Waals surface area contributed by atoms with Crippen molar-refractivity contribution >= 4 is 16.9 Å². The topological polar surface area (TPSA) is 110 Å². The van der Waals surface area contributed by atoms with Crippen LogP contribution < -0.4 is 25.6 Å². The third kappa shape index (κ3) is 10.3. The Balaban J connectivity index is 1.89. The van der Waals surface area contributed by atoms with Crippen LogP contribution in [0.2, 0.25) is 0 Å². The normalized spacial score (nSPS) is 15.3. The lowest BCUT2D eigenvalue weighted by Crippen LogP contribution is -2.56. The van der Waals surface area contributed by atoms with Crippen LogP contribution in [0, 0.1) is 16.2 Å². The summed E-state index contributed by atoms with van der Waals surface area (Å²) < 4.78 is 106. The Bertz CT molecular complexity index is 1690. The summed E-state index contributed by atoms with van der Waals surface area (Å²) in [5.74, 6) is -1.32. The van der Waals surface area contributed by atoms with Gasteiger partial charge in [0, 0.05) is 34.0 Å². The van der Waals surface area contributed by atoms with E-state index in [0.717, 1.165) is 12.5 Å². The number of ether oxygens (including phenoxy) is 4. The molecule has 2 unspecified atom stereocenters. The number of methoxy groups -OCH3 is 1. The zero-order valence-electron chi connectivity index (χ0n) is 28.8. The molecule has 0 bridgehead atoms. The highest BCUT2D eigenvalue weighted by molar-refractivity contribution is 5.84. The van der Waals surface area contributed by atoms with Gasteiger partial charge in [0.05, 0.1) is 31.1 Å². The molecule has 2 aromatic carbocycles. The SMILES string of the molecule is CCC(C)(C)CC(C)(C(=O)OCC(C)(COc1ccc2cc(-c3ccc(OC)cc3OC(F)(F)F)c(=O)oc2c1)CC(F)(F)F)C(C)(C)N. The summed E-state index contributed by atoms with van der Waals surface area (Å²) >= 11 is 0. The van der Waals surface area contributed by atoms with Crippen LogP contribution in [-0.2, 0) is 9.53 Å².